The number of ether oxygens (including phenoxy) is 1. The number of carbonyl (C=O) groups is 1. The SMILES string of the molecule is Cc1noc(C)c1COc1ccc(CC(=O)N2CCCC2c2nnc3ccccn23)cc1. The lowest BCUT2D eigenvalue weighted by Gasteiger charge is -2.23. The maximum Gasteiger partial charge on any atom is 0.227 e. The molecule has 1 aliphatic rings. The second kappa shape index (κ2) is 8.45. The van der Waals surface area contributed by atoms with E-state index in [4.69, 9.17) is 9.26 Å². The predicted molar refractivity (Wildman–Crippen MR) is 117 cm³/mol. The maximum atomic E-state index is 13.1. The van der Waals surface area contributed by atoms with E-state index in [9.17, 15) is 4.79 Å². The van der Waals surface area contributed by atoms with Crippen molar-refractivity contribution in [1.29, 1.82) is 0 Å². The van der Waals surface area contributed by atoms with Gasteiger partial charge in [-0.3, -0.25) is 9.20 Å². The van der Waals surface area contributed by atoms with Gasteiger partial charge in [0.25, 0.3) is 0 Å². The Hall–Kier alpha value is -3.68. The van der Waals surface area contributed by atoms with Gasteiger partial charge in [-0.1, -0.05) is 23.4 Å². The fraction of sp³-hybridized carbons (Fsp3) is 0.333. The third kappa shape index (κ3) is 3.84. The Kier molecular flexibility index (Phi) is 5.34. The Balaban J connectivity index is 1.24. The van der Waals surface area contributed by atoms with Crippen LogP contribution in [0.25, 0.3) is 5.65 Å². The highest BCUT2D eigenvalue weighted by molar-refractivity contribution is 5.79. The topological polar surface area (TPSA) is 85.8 Å². The largest absolute Gasteiger partial charge is 0.489 e. The van der Waals surface area contributed by atoms with E-state index in [0.717, 1.165) is 59.2 Å². The molecule has 1 atom stereocenters. The molecular weight excluding hydrogens is 406 g/mol. The van der Waals surface area contributed by atoms with Gasteiger partial charge in [-0.05, 0) is 56.5 Å². The van der Waals surface area contributed by atoms with E-state index < -0.39 is 0 Å². The molecule has 0 aliphatic carbocycles. The average molecular weight is 431 g/mol. The molecule has 0 spiro atoms. The Morgan fingerprint density at radius 1 is 1.16 bits per heavy atom. The van der Waals surface area contributed by atoms with Crippen molar-refractivity contribution in [3.05, 3.63) is 77.1 Å². The molecule has 0 radical (unpaired) electrons. The molecule has 3 aromatic heterocycles. The molecule has 8 heteroatoms. The lowest BCUT2D eigenvalue weighted by Crippen LogP contribution is -2.32. The Morgan fingerprint density at radius 2 is 2.00 bits per heavy atom. The van der Waals surface area contributed by atoms with Gasteiger partial charge in [-0.2, -0.15) is 0 Å². The number of amides is 1. The first-order valence-corrected chi connectivity index (χ1v) is 10.8. The summed E-state index contributed by atoms with van der Waals surface area (Å²) in [6.45, 7) is 4.92. The first-order chi connectivity index (χ1) is 15.6. The van der Waals surface area contributed by atoms with E-state index in [1.165, 1.54) is 0 Å². The number of carbonyl (C=O) groups excluding carboxylic acids is 1. The first kappa shape index (κ1) is 20.2. The van der Waals surface area contributed by atoms with Crippen LogP contribution in [0.2, 0.25) is 0 Å². The summed E-state index contributed by atoms with van der Waals surface area (Å²) in [5.74, 6) is 2.44. The van der Waals surface area contributed by atoms with Gasteiger partial charge in [0, 0.05) is 12.7 Å². The van der Waals surface area contributed by atoms with Crippen LogP contribution >= 0.6 is 0 Å². The number of benzene rings is 1. The monoisotopic (exact) mass is 431 g/mol. The van der Waals surface area contributed by atoms with Gasteiger partial charge in [0.1, 0.15) is 18.1 Å². The van der Waals surface area contributed by atoms with Crippen LogP contribution in [0.4, 0.5) is 0 Å². The van der Waals surface area contributed by atoms with Crippen molar-refractivity contribution >= 4 is 11.6 Å². The molecule has 1 unspecified atom stereocenters. The van der Waals surface area contributed by atoms with Crippen LogP contribution < -0.4 is 4.74 Å². The molecule has 0 N–H and O–H groups in total. The standard InChI is InChI=1S/C24H25N5O3/c1-16-20(17(2)32-27-16)15-31-19-10-8-18(9-11-19)14-23(30)28-13-5-6-21(28)24-26-25-22-7-3-4-12-29(22)24/h3-4,7-12,21H,5-6,13-15H2,1-2H3. The van der Waals surface area contributed by atoms with E-state index in [-0.39, 0.29) is 11.9 Å². The van der Waals surface area contributed by atoms with Gasteiger partial charge < -0.3 is 14.2 Å². The summed E-state index contributed by atoms with van der Waals surface area (Å²) >= 11 is 0. The Morgan fingerprint density at radius 3 is 2.78 bits per heavy atom. The highest BCUT2D eigenvalue weighted by atomic mass is 16.5. The quantitative estimate of drug-likeness (QED) is 0.461. The van der Waals surface area contributed by atoms with E-state index in [1.807, 2.05) is 71.8 Å². The summed E-state index contributed by atoms with van der Waals surface area (Å²) in [7, 11) is 0. The highest BCUT2D eigenvalue weighted by Gasteiger charge is 2.33. The third-order valence-corrected chi connectivity index (χ3v) is 6.05. The molecule has 1 aromatic carbocycles. The predicted octanol–water partition coefficient (Wildman–Crippen LogP) is 3.82. The molecule has 1 amide bonds. The van der Waals surface area contributed by atoms with Crippen molar-refractivity contribution in [2.75, 3.05) is 6.54 Å². The number of hydrogen-bond acceptors (Lipinski definition) is 6. The second-order valence-corrected chi connectivity index (χ2v) is 8.14. The molecule has 0 saturated carbocycles. The summed E-state index contributed by atoms with van der Waals surface area (Å²) in [5, 5.41) is 12.6. The zero-order valence-corrected chi connectivity index (χ0v) is 18.2. The number of likely N-dealkylation sites (tertiary alicyclic amines) is 1. The van der Waals surface area contributed by atoms with Crippen LogP contribution in [0, 0.1) is 13.8 Å². The van der Waals surface area contributed by atoms with Gasteiger partial charge in [0.05, 0.1) is 23.7 Å². The van der Waals surface area contributed by atoms with Crippen molar-refractivity contribution in [3.63, 3.8) is 0 Å². The normalized spacial score (nSPS) is 16.1. The number of fused-ring (bicyclic) bond motifs is 1. The van der Waals surface area contributed by atoms with Crippen LogP contribution in [-0.4, -0.2) is 37.1 Å². The Labute approximate surface area is 185 Å². The molecular formula is C24H25N5O3. The minimum Gasteiger partial charge on any atom is -0.489 e. The summed E-state index contributed by atoms with van der Waals surface area (Å²) < 4.78 is 13.0. The van der Waals surface area contributed by atoms with Crippen LogP contribution in [0.1, 0.15) is 47.3 Å². The molecule has 4 aromatic rings. The number of rotatable bonds is 6. The van der Waals surface area contributed by atoms with Gasteiger partial charge in [-0.15, -0.1) is 10.2 Å². The van der Waals surface area contributed by atoms with Crippen LogP contribution in [0.15, 0.2) is 53.2 Å². The molecule has 1 aliphatic heterocycles. The van der Waals surface area contributed by atoms with Gasteiger partial charge in [0.2, 0.25) is 5.91 Å². The number of aromatic nitrogens is 4. The lowest BCUT2D eigenvalue weighted by atomic mass is 10.1. The van der Waals surface area contributed by atoms with Crippen molar-refractivity contribution in [3.8, 4) is 5.75 Å². The fourth-order valence-corrected chi connectivity index (χ4v) is 4.26. The number of nitrogens with zero attached hydrogens (tertiary/aromatic N) is 5. The summed E-state index contributed by atoms with van der Waals surface area (Å²) in [5.41, 5.74) is 3.56. The van der Waals surface area contributed by atoms with Crippen molar-refractivity contribution < 1.29 is 14.1 Å². The van der Waals surface area contributed by atoms with Crippen molar-refractivity contribution in [2.45, 2.75) is 45.8 Å². The minimum absolute atomic E-state index is 0.0439. The average Bonchev–Trinajstić information content (AvgIpc) is 3.52. The maximum absolute atomic E-state index is 13.1. The van der Waals surface area contributed by atoms with Crippen LogP contribution in [0.3, 0.4) is 0 Å². The summed E-state index contributed by atoms with van der Waals surface area (Å²) in [6.07, 6.45) is 4.16. The lowest BCUT2D eigenvalue weighted by molar-refractivity contribution is -0.131. The van der Waals surface area contributed by atoms with Gasteiger partial charge in [-0.25, -0.2) is 0 Å². The number of pyridine rings is 1. The number of hydrogen-bond donors (Lipinski definition) is 0. The van der Waals surface area contributed by atoms with E-state index >= 15 is 0 Å². The van der Waals surface area contributed by atoms with E-state index in [2.05, 4.69) is 15.4 Å². The second-order valence-electron chi connectivity index (χ2n) is 8.14. The van der Waals surface area contributed by atoms with Crippen LogP contribution in [-0.2, 0) is 17.8 Å². The summed E-state index contributed by atoms with van der Waals surface area (Å²) in [6, 6.07) is 13.5. The molecule has 1 saturated heterocycles. The molecule has 5 rings (SSSR count). The number of aryl methyl sites for hydroxylation is 2. The van der Waals surface area contributed by atoms with E-state index in [1.54, 1.807) is 0 Å². The van der Waals surface area contributed by atoms with Gasteiger partial charge in [0.15, 0.2) is 11.5 Å². The zero-order valence-electron chi connectivity index (χ0n) is 18.2. The molecule has 4 heterocycles. The van der Waals surface area contributed by atoms with Crippen molar-refractivity contribution in [2.24, 2.45) is 0 Å². The Bertz CT molecular complexity index is 1220. The minimum atomic E-state index is -0.0439. The first-order valence-electron chi connectivity index (χ1n) is 10.8. The van der Waals surface area contributed by atoms with Crippen LogP contribution in [0.5, 0.6) is 5.75 Å². The molecule has 8 nitrogen and oxygen atoms in total. The molecule has 0 bridgehead atoms. The smallest absolute Gasteiger partial charge is 0.227 e. The molecule has 164 valence electrons. The molecule has 1 fully saturated rings. The van der Waals surface area contributed by atoms with Crippen molar-refractivity contribution in [1.82, 2.24) is 24.7 Å². The van der Waals surface area contributed by atoms with E-state index in [0.29, 0.717) is 13.0 Å². The highest BCUT2D eigenvalue weighted by Crippen LogP contribution is 2.31. The molecule has 32 heavy (non-hydrogen) atoms. The zero-order chi connectivity index (χ0) is 22.1. The van der Waals surface area contributed by atoms with Gasteiger partial charge >= 0.3 is 0 Å². The fourth-order valence-electron chi connectivity index (χ4n) is 4.26. The summed E-state index contributed by atoms with van der Waals surface area (Å²) in [4.78, 5) is 15.1. The third-order valence-electron chi connectivity index (χ3n) is 6.05.